The average Bonchev–Trinajstić information content (AvgIpc) is 3.61. The molecule has 2 bridgehead atoms. The summed E-state index contributed by atoms with van der Waals surface area (Å²) in [7, 11) is -3.56. The van der Waals surface area contributed by atoms with Gasteiger partial charge in [0.2, 0.25) is 0 Å². The third-order valence-corrected chi connectivity index (χ3v) is 11.7. The number of carbonyl (C=O) groups excluding carboxylic acids is 2. The maximum atomic E-state index is 13.5. The van der Waals surface area contributed by atoms with E-state index in [1.54, 1.807) is 56.5 Å². The van der Waals surface area contributed by atoms with E-state index < -0.39 is 26.8 Å². The van der Waals surface area contributed by atoms with Gasteiger partial charge in [0.25, 0.3) is 0 Å². The van der Waals surface area contributed by atoms with Crippen molar-refractivity contribution in [2.45, 2.75) is 119 Å². The second kappa shape index (κ2) is 10.3. The van der Waals surface area contributed by atoms with Gasteiger partial charge in [-0.15, -0.1) is 11.3 Å². The van der Waals surface area contributed by atoms with Crippen molar-refractivity contribution in [1.29, 1.82) is 0 Å². The van der Waals surface area contributed by atoms with Crippen molar-refractivity contribution >= 4 is 39.0 Å². The fraction of sp³-hybridized carbons (Fsp3) is 0.621. The van der Waals surface area contributed by atoms with Crippen molar-refractivity contribution in [3.05, 3.63) is 29.4 Å². The number of amides is 2. The van der Waals surface area contributed by atoms with Crippen LogP contribution in [0.4, 0.5) is 15.3 Å². The molecule has 1 aromatic carbocycles. The monoisotopic (exact) mass is 589 g/mol. The van der Waals surface area contributed by atoms with E-state index in [9.17, 15) is 18.0 Å². The van der Waals surface area contributed by atoms with Crippen molar-refractivity contribution in [1.82, 2.24) is 10.3 Å². The number of alkyl carbamates (subject to hydrolysis) is 1. The van der Waals surface area contributed by atoms with Crippen LogP contribution in [0.5, 0.6) is 0 Å². The van der Waals surface area contributed by atoms with E-state index in [0.717, 1.165) is 48.4 Å². The van der Waals surface area contributed by atoms with Crippen LogP contribution in [0.2, 0.25) is 0 Å². The van der Waals surface area contributed by atoms with Gasteiger partial charge >= 0.3 is 12.2 Å². The summed E-state index contributed by atoms with van der Waals surface area (Å²) in [6.07, 6.45) is 7.24. The van der Waals surface area contributed by atoms with Crippen LogP contribution in [0.15, 0.2) is 29.3 Å². The minimum absolute atomic E-state index is 0.0674. The van der Waals surface area contributed by atoms with Gasteiger partial charge < -0.3 is 14.8 Å². The molecule has 2 aromatic rings. The Morgan fingerprint density at radius 1 is 1.05 bits per heavy atom. The number of nitrogens with zero attached hydrogens (tertiary/aromatic N) is 1. The molecule has 6 rings (SSSR count). The molecule has 11 heteroatoms. The Labute approximate surface area is 240 Å². The fourth-order valence-corrected chi connectivity index (χ4v) is 9.00. The Balaban J connectivity index is 1.38. The van der Waals surface area contributed by atoms with Gasteiger partial charge in [-0.25, -0.2) is 23.0 Å². The number of hydrogen-bond donors (Lipinski definition) is 2. The first-order valence-corrected chi connectivity index (χ1v) is 16.4. The largest absolute Gasteiger partial charge is 0.447 e. The quantitative estimate of drug-likeness (QED) is 0.374. The number of carbonyl (C=O) groups is 2. The number of aromatic nitrogens is 1. The smallest absolute Gasteiger partial charge is 0.412 e. The first-order valence-electron chi connectivity index (χ1n) is 14.0. The van der Waals surface area contributed by atoms with Gasteiger partial charge in [-0.2, -0.15) is 0 Å². The summed E-state index contributed by atoms with van der Waals surface area (Å²) in [5.41, 5.74) is 0.0236. The summed E-state index contributed by atoms with van der Waals surface area (Å²) in [5, 5.41) is 6.44. The topological polar surface area (TPSA) is 124 Å². The molecule has 218 valence electrons. The highest BCUT2D eigenvalue weighted by Crippen LogP contribution is 2.55. The minimum atomic E-state index is -3.56. The predicted molar refractivity (Wildman–Crippen MR) is 154 cm³/mol. The maximum Gasteiger partial charge on any atom is 0.412 e. The molecule has 2 amide bonds. The van der Waals surface area contributed by atoms with E-state index in [-0.39, 0.29) is 28.0 Å². The number of ether oxygens (including phenoxy) is 2. The van der Waals surface area contributed by atoms with Gasteiger partial charge in [-0.05, 0) is 98.1 Å². The molecule has 0 saturated heterocycles. The highest BCUT2D eigenvalue weighted by molar-refractivity contribution is 7.92. The third-order valence-electron chi connectivity index (χ3n) is 8.08. The second-order valence-corrected chi connectivity index (χ2v) is 16.0. The molecule has 0 spiro atoms. The summed E-state index contributed by atoms with van der Waals surface area (Å²) in [4.78, 5) is 30.5. The van der Waals surface area contributed by atoms with Crippen LogP contribution in [0.3, 0.4) is 0 Å². The van der Waals surface area contributed by atoms with E-state index in [1.165, 1.54) is 0 Å². The molecule has 9 nitrogen and oxygen atoms in total. The number of hydrogen-bond acceptors (Lipinski definition) is 8. The minimum Gasteiger partial charge on any atom is -0.447 e. The zero-order valence-electron chi connectivity index (χ0n) is 23.8. The van der Waals surface area contributed by atoms with Crippen LogP contribution < -0.4 is 10.6 Å². The van der Waals surface area contributed by atoms with Crippen molar-refractivity contribution in [2.24, 2.45) is 0 Å². The van der Waals surface area contributed by atoms with Gasteiger partial charge in [0.15, 0.2) is 9.84 Å². The van der Waals surface area contributed by atoms with Crippen molar-refractivity contribution in [3.63, 3.8) is 0 Å². The predicted octanol–water partition coefficient (Wildman–Crippen LogP) is 6.57. The van der Waals surface area contributed by atoms with Crippen LogP contribution in [0.25, 0.3) is 10.4 Å². The molecule has 40 heavy (non-hydrogen) atoms. The zero-order valence-corrected chi connectivity index (χ0v) is 25.5. The molecule has 4 aliphatic carbocycles. The maximum absolute atomic E-state index is 13.5. The molecule has 0 aliphatic heterocycles. The molecule has 4 fully saturated rings. The molecule has 0 unspecified atom stereocenters. The van der Waals surface area contributed by atoms with Crippen LogP contribution in [0.1, 0.15) is 91.0 Å². The summed E-state index contributed by atoms with van der Waals surface area (Å²) in [5.74, 6) is 0. The molecule has 0 atom stereocenters. The molecule has 4 aliphatic rings. The lowest BCUT2D eigenvalue weighted by atomic mass is 9.57. The lowest BCUT2D eigenvalue weighted by molar-refractivity contribution is 0.0559. The van der Waals surface area contributed by atoms with Crippen LogP contribution >= 0.6 is 11.3 Å². The van der Waals surface area contributed by atoms with Gasteiger partial charge in [-0.1, -0.05) is 6.07 Å². The molecular weight excluding hydrogens is 550 g/mol. The van der Waals surface area contributed by atoms with Gasteiger partial charge in [-0.3, -0.25) is 5.32 Å². The fourth-order valence-electron chi connectivity index (χ4n) is 5.82. The Kier molecular flexibility index (Phi) is 7.44. The molecular formula is C29H39N3O6S2. The number of fused-ring (bicyclic) bond motifs is 3. The highest BCUT2D eigenvalue weighted by atomic mass is 32.2. The first-order chi connectivity index (χ1) is 18.7. The van der Waals surface area contributed by atoms with E-state index in [1.807, 2.05) is 13.8 Å². The van der Waals surface area contributed by atoms with Crippen molar-refractivity contribution in [3.8, 4) is 10.4 Å². The van der Waals surface area contributed by atoms with Crippen LogP contribution in [-0.2, 0) is 24.7 Å². The van der Waals surface area contributed by atoms with Gasteiger partial charge in [0, 0.05) is 28.4 Å². The molecule has 2 N–H and O–H groups in total. The number of thiazole rings is 1. The number of nitrogens with one attached hydrogen (secondary N) is 2. The van der Waals surface area contributed by atoms with E-state index in [0.29, 0.717) is 24.1 Å². The normalized spacial score (nSPS) is 24.6. The molecule has 4 saturated carbocycles. The molecule has 1 heterocycles. The van der Waals surface area contributed by atoms with Crippen molar-refractivity contribution < 1.29 is 27.5 Å². The summed E-state index contributed by atoms with van der Waals surface area (Å²) in [6, 6.07) is 5.01. The van der Waals surface area contributed by atoms with Gasteiger partial charge in [0.05, 0.1) is 26.1 Å². The van der Waals surface area contributed by atoms with Gasteiger partial charge in [0.1, 0.15) is 5.60 Å². The number of rotatable bonds is 7. The third kappa shape index (κ3) is 6.00. The summed E-state index contributed by atoms with van der Waals surface area (Å²) in [6.45, 7) is 9.01. The Morgan fingerprint density at radius 2 is 1.70 bits per heavy atom. The SMILES string of the molecule is CC(C)OC(=O)NC12CCC(c3ncc(-c4ccc(NC(=O)OC(C)(C)C)cc4S(=O)(=O)C4CC4)s3)(CC1)CC2. The summed E-state index contributed by atoms with van der Waals surface area (Å²) < 4.78 is 37.6. The molecule has 1 aromatic heterocycles. The standard InChI is InChI=1S/C29H39N3O6S2/c1-18(2)37-26(34)32-29-13-10-28(11-14-29,12-15-29)24-30-17-22(39-24)21-9-6-19(31-25(33)38-27(3,4)5)16-23(21)40(35,36)20-7-8-20/h6,9,16-18,20H,7-8,10-15H2,1-5H3,(H,31,33)(H,32,34). The lowest BCUT2D eigenvalue weighted by Crippen LogP contribution is -2.58. The van der Waals surface area contributed by atoms with Crippen LogP contribution in [0, 0.1) is 0 Å². The number of sulfone groups is 1. The number of benzene rings is 1. The Bertz CT molecular complexity index is 1380. The van der Waals surface area contributed by atoms with E-state index >= 15 is 0 Å². The number of anilines is 1. The second-order valence-electron chi connectivity index (χ2n) is 12.8. The Morgan fingerprint density at radius 3 is 2.27 bits per heavy atom. The Hall–Kier alpha value is -2.66. The lowest BCUT2D eigenvalue weighted by Gasteiger charge is -2.52. The molecule has 0 radical (unpaired) electrons. The van der Waals surface area contributed by atoms with E-state index in [4.69, 9.17) is 14.5 Å². The highest BCUT2D eigenvalue weighted by Gasteiger charge is 2.51. The van der Waals surface area contributed by atoms with Crippen molar-refractivity contribution in [2.75, 3.05) is 5.32 Å². The average molecular weight is 590 g/mol. The van der Waals surface area contributed by atoms with Crippen LogP contribution in [-0.4, -0.2) is 48.1 Å². The first kappa shape index (κ1) is 28.9. The van der Waals surface area contributed by atoms with E-state index in [2.05, 4.69) is 10.6 Å². The summed E-state index contributed by atoms with van der Waals surface area (Å²) >= 11 is 1.55. The zero-order chi connectivity index (χ0) is 28.9.